The number of hydrogen-bond donors (Lipinski definition) is 0. The van der Waals surface area contributed by atoms with Gasteiger partial charge in [-0.15, -0.1) is 0 Å². The molecule has 0 spiro atoms. The van der Waals surface area contributed by atoms with Gasteiger partial charge in [-0.3, -0.25) is 9.10 Å². The molecule has 0 radical (unpaired) electrons. The Bertz CT molecular complexity index is 884. The molecule has 146 valence electrons. The average Bonchev–Trinajstić information content (AvgIpc) is 2.66. The van der Waals surface area contributed by atoms with Gasteiger partial charge in [0.25, 0.3) is 0 Å². The lowest BCUT2D eigenvalue weighted by Gasteiger charge is -2.27. The number of benzene rings is 2. The molecule has 0 N–H and O–H groups in total. The maximum atomic E-state index is 12.8. The second kappa shape index (κ2) is 8.77. The van der Waals surface area contributed by atoms with E-state index >= 15 is 0 Å². The number of para-hydroxylation sites is 1. The zero-order chi connectivity index (χ0) is 20.0. The number of amides is 1. The largest absolute Gasteiger partial charge is 0.493 e. The molecule has 0 bridgehead atoms. The minimum absolute atomic E-state index is 0.322. The Kier molecular flexibility index (Phi) is 6.68. The second-order valence-electron chi connectivity index (χ2n) is 5.78. The highest BCUT2D eigenvalue weighted by Crippen LogP contribution is 2.32. The second-order valence-corrected chi connectivity index (χ2v) is 7.69. The molecule has 2 rings (SSSR count). The number of anilines is 2. The van der Waals surface area contributed by atoms with Crippen molar-refractivity contribution in [1.82, 2.24) is 0 Å². The van der Waals surface area contributed by atoms with Crippen molar-refractivity contribution < 1.29 is 22.7 Å². The Morgan fingerprint density at radius 3 is 2.11 bits per heavy atom. The van der Waals surface area contributed by atoms with Gasteiger partial charge >= 0.3 is 0 Å². The van der Waals surface area contributed by atoms with Gasteiger partial charge in [-0.25, -0.2) is 8.42 Å². The van der Waals surface area contributed by atoms with Gasteiger partial charge in [0.2, 0.25) is 15.9 Å². The summed E-state index contributed by atoms with van der Waals surface area (Å²) in [6.07, 6.45) is 1.07. The van der Waals surface area contributed by atoms with Crippen LogP contribution in [0.15, 0.2) is 48.5 Å². The molecule has 2 aromatic rings. The van der Waals surface area contributed by atoms with E-state index in [2.05, 4.69) is 0 Å². The normalized spacial score (nSPS) is 11.0. The number of nitrogens with zero attached hydrogens (tertiary/aromatic N) is 2. The summed E-state index contributed by atoms with van der Waals surface area (Å²) in [5.74, 6) is 0.524. The molecule has 0 aliphatic heterocycles. The average molecular weight is 392 g/mol. The van der Waals surface area contributed by atoms with Crippen LogP contribution in [0.2, 0.25) is 0 Å². The molecular formula is C19H24N2O5S. The molecule has 0 atom stereocenters. The molecule has 0 unspecified atom stereocenters. The molecule has 7 nitrogen and oxygen atoms in total. The molecule has 0 aromatic heterocycles. The molecular weight excluding hydrogens is 368 g/mol. The number of methoxy groups -OCH3 is 2. The SMILES string of the molecule is CCN(C(=O)CN(c1ccc(OC)c(OC)c1)S(C)(=O)=O)c1ccccc1. The van der Waals surface area contributed by atoms with E-state index in [-0.39, 0.29) is 12.5 Å². The predicted octanol–water partition coefficient (Wildman–Crippen LogP) is 2.52. The van der Waals surface area contributed by atoms with E-state index in [1.165, 1.54) is 20.3 Å². The fraction of sp³-hybridized carbons (Fsp3) is 0.316. The van der Waals surface area contributed by atoms with Crippen molar-refractivity contribution in [2.45, 2.75) is 6.92 Å². The van der Waals surface area contributed by atoms with Crippen molar-refractivity contribution in [2.24, 2.45) is 0 Å². The van der Waals surface area contributed by atoms with E-state index in [0.717, 1.165) is 10.6 Å². The fourth-order valence-electron chi connectivity index (χ4n) is 2.70. The van der Waals surface area contributed by atoms with Crippen molar-refractivity contribution in [2.75, 3.05) is 42.8 Å². The third-order valence-electron chi connectivity index (χ3n) is 4.02. The molecule has 0 saturated heterocycles. The van der Waals surface area contributed by atoms with E-state index in [1.54, 1.807) is 17.0 Å². The summed E-state index contributed by atoms with van der Waals surface area (Å²) in [6, 6.07) is 13.8. The summed E-state index contributed by atoms with van der Waals surface area (Å²) >= 11 is 0. The van der Waals surface area contributed by atoms with Crippen molar-refractivity contribution in [1.29, 1.82) is 0 Å². The minimum Gasteiger partial charge on any atom is -0.493 e. The first-order valence-corrected chi connectivity index (χ1v) is 10.2. The number of likely N-dealkylation sites (N-methyl/N-ethyl adjacent to an activating group) is 1. The smallest absolute Gasteiger partial charge is 0.247 e. The third-order valence-corrected chi connectivity index (χ3v) is 5.16. The van der Waals surface area contributed by atoms with Crippen LogP contribution in [0.5, 0.6) is 11.5 Å². The summed E-state index contributed by atoms with van der Waals surface area (Å²) in [5.41, 5.74) is 1.04. The molecule has 8 heteroatoms. The van der Waals surface area contributed by atoms with E-state index in [0.29, 0.717) is 29.4 Å². The van der Waals surface area contributed by atoms with Gasteiger partial charge in [0.15, 0.2) is 11.5 Å². The van der Waals surface area contributed by atoms with Crippen molar-refractivity contribution >= 4 is 27.3 Å². The molecule has 0 saturated carbocycles. The Balaban J connectivity index is 2.37. The first-order chi connectivity index (χ1) is 12.8. The number of hydrogen-bond acceptors (Lipinski definition) is 5. The Morgan fingerprint density at radius 1 is 0.963 bits per heavy atom. The number of ether oxygens (including phenoxy) is 2. The van der Waals surface area contributed by atoms with Crippen LogP contribution in [-0.2, 0) is 14.8 Å². The van der Waals surface area contributed by atoms with Crippen LogP contribution in [0.4, 0.5) is 11.4 Å². The van der Waals surface area contributed by atoms with Crippen molar-refractivity contribution in [3.8, 4) is 11.5 Å². The fourth-order valence-corrected chi connectivity index (χ4v) is 3.54. The van der Waals surface area contributed by atoms with Gasteiger partial charge in [-0.2, -0.15) is 0 Å². The van der Waals surface area contributed by atoms with Gasteiger partial charge in [0.1, 0.15) is 6.54 Å². The first kappa shape index (κ1) is 20.6. The Hall–Kier alpha value is -2.74. The van der Waals surface area contributed by atoms with Gasteiger partial charge < -0.3 is 14.4 Å². The third kappa shape index (κ3) is 4.91. The number of rotatable bonds is 8. The molecule has 1 amide bonds. The maximum Gasteiger partial charge on any atom is 0.247 e. The van der Waals surface area contributed by atoms with Gasteiger partial charge in [0, 0.05) is 18.3 Å². The maximum absolute atomic E-state index is 12.8. The topological polar surface area (TPSA) is 76.2 Å². The first-order valence-electron chi connectivity index (χ1n) is 8.37. The standard InChI is InChI=1S/C19H24N2O5S/c1-5-20(15-9-7-6-8-10-15)19(22)14-21(27(4,23)24)16-11-12-17(25-2)18(13-16)26-3/h6-13H,5,14H2,1-4H3. The van der Waals surface area contributed by atoms with Crippen LogP contribution >= 0.6 is 0 Å². The lowest BCUT2D eigenvalue weighted by atomic mass is 10.2. The van der Waals surface area contributed by atoms with Crippen LogP contribution in [0, 0.1) is 0 Å². The molecule has 27 heavy (non-hydrogen) atoms. The highest BCUT2D eigenvalue weighted by molar-refractivity contribution is 7.92. The van der Waals surface area contributed by atoms with Crippen LogP contribution in [0.1, 0.15) is 6.92 Å². The van der Waals surface area contributed by atoms with E-state index in [4.69, 9.17) is 9.47 Å². The summed E-state index contributed by atoms with van der Waals surface area (Å²) in [4.78, 5) is 14.4. The summed E-state index contributed by atoms with van der Waals surface area (Å²) in [5, 5.41) is 0. The minimum atomic E-state index is -3.69. The lowest BCUT2D eigenvalue weighted by Crippen LogP contribution is -2.42. The van der Waals surface area contributed by atoms with E-state index < -0.39 is 10.0 Å². The van der Waals surface area contributed by atoms with Crippen molar-refractivity contribution in [3.05, 3.63) is 48.5 Å². The van der Waals surface area contributed by atoms with Crippen LogP contribution in [-0.4, -0.2) is 47.9 Å². The summed E-state index contributed by atoms with van der Waals surface area (Å²) < 4.78 is 36.2. The lowest BCUT2D eigenvalue weighted by molar-refractivity contribution is -0.117. The quantitative estimate of drug-likeness (QED) is 0.690. The van der Waals surface area contributed by atoms with Gasteiger partial charge in [-0.1, -0.05) is 18.2 Å². The molecule has 0 aliphatic rings. The predicted molar refractivity (Wildman–Crippen MR) is 106 cm³/mol. The molecule has 0 aliphatic carbocycles. The van der Waals surface area contributed by atoms with E-state index in [9.17, 15) is 13.2 Å². The highest BCUT2D eigenvalue weighted by atomic mass is 32.2. The van der Waals surface area contributed by atoms with Crippen LogP contribution in [0.25, 0.3) is 0 Å². The Morgan fingerprint density at radius 2 is 1.59 bits per heavy atom. The van der Waals surface area contributed by atoms with Crippen LogP contribution in [0.3, 0.4) is 0 Å². The summed E-state index contributed by atoms with van der Waals surface area (Å²) in [7, 11) is -0.734. The monoisotopic (exact) mass is 392 g/mol. The zero-order valence-electron chi connectivity index (χ0n) is 15.9. The van der Waals surface area contributed by atoms with Gasteiger partial charge in [-0.05, 0) is 31.2 Å². The zero-order valence-corrected chi connectivity index (χ0v) is 16.7. The molecule has 0 heterocycles. The molecule has 0 fully saturated rings. The Labute approximate surface area is 160 Å². The molecule has 2 aromatic carbocycles. The van der Waals surface area contributed by atoms with Gasteiger partial charge in [0.05, 0.1) is 26.2 Å². The van der Waals surface area contributed by atoms with Crippen molar-refractivity contribution in [3.63, 3.8) is 0 Å². The number of sulfonamides is 1. The van der Waals surface area contributed by atoms with E-state index in [1.807, 2.05) is 37.3 Å². The summed E-state index contributed by atoms with van der Waals surface area (Å²) in [6.45, 7) is 1.94. The number of carbonyl (C=O) groups excluding carboxylic acids is 1. The highest BCUT2D eigenvalue weighted by Gasteiger charge is 2.25. The number of carbonyl (C=O) groups is 1. The van der Waals surface area contributed by atoms with Crippen LogP contribution < -0.4 is 18.7 Å².